The third kappa shape index (κ3) is 4.34. The van der Waals surface area contributed by atoms with Crippen molar-refractivity contribution in [1.82, 2.24) is 0 Å². The van der Waals surface area contributed by atoms with Gasteiger partial charge in [-0.15, -0.1) is 0 Å². The van der Waals surface area contributed by atoms with Crippen LogP contribution in [0.1, 0.15) is 82.3 Å². The molecule has 7 nitrogen and oxygen atoms in total. The Hall–Kier alpha value is -1.57. The Labute approximate surface area is 251 Å². The van der Waals surface area contributed by atoms with Gasteiger partial charge in [-0.2, -0.15) is 5.26 Å². The molecule has 3 saturated carbocycles. The van der Waals surface area contributed by atoms with Gasteiger partial charge in [0.1, 0.15) is 5.60 Å². The number of nitrogens with zero attached hydrogens (tertiary/aromatic N) is 1. The number of benzene rings is 1. The van der Waals surface area contributed by atoms with Crippen molar-refractivity contribution >= 4 is 8.32 Å². The van der Waals surface area contributed by atoms with E-state index < -0.39 is 31.1 Å². The van der Waals surface area contributed by atoms with Gasteiger partial charge >= 0.3 is 0 Å². The molecular formula is C34H47NO6Si. The number of rotatable bonds is 4. The molecule has 228 valence electrons. The van der Waals surface area contributed by atoms with E-state index in [-0.39, 0.29) is 11.3 Å². The molecule has 6 atom stereocenters. The Balaban J connectivity index is 1.34. The van der Waals surface area contributed by atoms with Crippen molar-refractivity contribution in [3.05, 3.63) is 46.5 Å². The molecule has 42 heavy (non-hydrogen) atoms. The Kier molecular flexibility index (Phi) is 6.74. The quantitative estimate of drug-likeness (QED) is 0.324. The first kappa shape index (κ1) is 29.2. The number of hydrogen-bond acceptors (Lipinski definition) is 7. The lowest BCUT2D eigenvalue weighted by Crippen LogP contribution is -2.57. The van der Waals surface area contributed by atoms with Gasteiger partial charge in [0.15, 0.2) is 19.9 Å². The Morgan fingerprint density at radius 1 is 0.929 bits per heavy atom. The van der Waals surface area contributed by atoms with Gasteiger partial charge in [-0.1, -0.05) is 36.8 Å². The number of fused-ring (bicyclic) bond motifs is 4. The topological polar surface area (TPSA) is 90.2 Å². The molecule has 8 heteroatoms. The van der Waals surface area contributed by atoms with Crippen molar-refractivity contribution < 1.29 is 28.5 Å². The van der Waals surface area contributed by atoms with Gasteiger partial charge in [0.25, 0.3) is 0 Å². The van der Waals surface area contributed by atoms with Gasteiger partial charge in [-0.05, 0) is 88.1 Å². The normalized spacial score (nSPS) is 40.5. The molecule has 6 aliphatic rings. The summed E-state index contributed by atoms with van der Waals surface area (Å²) in [6.45, 7) is 13.3. The van der Waals surface area contributed by atoms with Crippen LogP contribution in [-0.4, -0.2) is 56.8 Å². The van der Waals surface area contributed by atoms with E-state index in [1.165, 1.54) is 16.7 Å². The molecule has 2 aliphatic heterocycles. The van der Waals surface area contributed by atoms with Crippen molar-refractivity contribution in [2.45, 2.75) is 114 Å². The Bertz CT molecular complexity index is 1300. The van der Waals surface area contributed by atoms with Crippen LogP contribution in [0.5, 0.6) is 0 Å². The first-order valence-corrected chi connectivity index (χ1v) is 19.5. The number of ether oxygens (including phenoxy) is 4. The highest BCUT2D eigenvalue weighted by Crippen LogP contribution is 2.69. The molecule has 1 spiro atoms. The Morgan fingerprint density at radius 2 is 1.60 bits per heavy atom. The largest absolute Gasteiger partial charge is 0.399 e. The minimum atomic E-state index is -2.00. The van der Waals surface area contributed by atoms with Gasteiger partial charge in [-0.3, -0.25) is 0 Å². The molecule has 1 aromatic carbocycles. The number of aliphatic hydroxyl groups is 1. The maximum atomic E-state index is 12.3. The monoisotopic (exact) mass is 593 g/mol. The summed E-state index contributed by atoms with van der Waals surface area (Å²) in [5, 5.41) is 23.1. The second-order valence-corrected chi connectivity index (χ2v) is 19.6. The van der Waals surface area contributed by atoms with E-state index in [0.717, 1.165) is 44.1 Å². The minimum Gasteiger partial charge on any atom is -0.399 e. The van der Waals surface area contributed by atoms with Crippen LogP contribution in [-0.2, 0) is 29.2 Å². The van der Waals surface area contributed by atoms with Crippen molar-refractivity contribution in [3.8, 4) is 6.07 Å². The van der Waals surface area contributed by atoms with E-state index >= 15 is 0 Å². The summed E-state index contributed by atoms with van der Waals surface area (Å²) in [4.78, 5) is 0. The summed E-state index contributed by atoms with van der Waals surface area (Å²) < 4.78 is 31.0. The van der Waals surface area contributed by atoms with Crippen LogP contribution in [0.2, 0.25) is 19.6 Å². The van der Waals surface area contributed by atoms with Gasteiger partial charge < -0.3 is 28.5 Å². The Morgan fingerprint density at radius 3 is 2.24 bits per heavy atom. The summed E-state index contributed by atoms with van der Waals surface area (Å²) in [6.07, 6.45) is 6.30. The highest BCUT2D eigenvalue weighted by molar-refractivity contribution is 6.69. The minimum absolute atomic E-state index is 0.0980. The molecule has 7 rings (SSSR count). The van der Waals surface area contributed by atoms with Gasteiger partial charge in [0, 0.05) is 29.7 Å². The van der Waals surface area contributed by atoms with Gasteiger partial charge in [0.2, 0.25) is 0 Å². The molecule has 0 unspecified atom stereocenters. The number of allylic oxidation sites excluding steroid dienone is 1. The highest BCUT2D eigenvalue weighted by atomic mass is 28.4. The zero-order chi connectivity index (χ0) is 29.6. The van der Waals surface area contributed by atoms with E-state index in [0.29, 0.717) is 51.1 Å². The van der Waals surface area contributed by atoms with E-state index in [4.69, 9.17) is 23.4 Å². The molecule has 0 amide bonds. The first-order chi connectivity index (χ1) is 19.9. The van der Waals surface area contributed by atoms with Crippen molar-refractivity contribution in [3.63, 3.8) is 0 Å². The van der Waals surface area contributed by atoms with Crippen LogP contribution < -0.4 is 0 Å². The summed E-state index contributed by atoms with van der Waals surface area (Å²) in [5.41, 5.74) is 2.90. The SMILES string of the molecule is CC1(c2ccc([C@H]3C[C@@]4(C)[C@@H](CC[C@@]4(C#N)O[Si](C)(C)C)[C@@H]4CC[C@@]5(O)CC6(CCC5=C43)OCCO6)cc2)OCCO1. The van der Waals surface area contributed by atoms with Gasteiger partial charge in [0.05, 0.1) is 38.1 Å². The van der Waals surface area contributed by atoms with Crippen LogP contribution >= 0.6 is 0 Å². The average Bonchev–Trinajstić information content (AvgIpc) is 3.66. The summed E-state index contributed by atoms with van der Waals surface area (Å²) in [7, 11) is -2.00. The molecule has 2 heterocycles. The third-order valence-corrected chi connectivity index (χ3v) is 12.6. The van der Waals surface area contributed by atoms with Crippen molar-refractivity contribution in [2.75, 3.05) is 26.4 Å². The molecule has 4 aliphatic carbocycles. The number of hydrogen-bond donors (Lipinski definition) is 1. The number of nitriles is 1. The lowest BCUT2D eigenvalue weighted by Gasteiger charge is -2.57. The maximum Gasteiger partial charge on any atom is 0.192 e. The predicted octanol–water partition coefficient (Wildman–Crippen LogP) is 6.29. The molecule has 0 bridgehead atoms. The summed E-state index contributed by atoms with van der Waals surface area (Å²) >= 11 is 0. The van der Waals surface area contributed by atoms with Crippen molar-refractivity contribution in [2.24, 2.45) is 17.3 Å². The van der Waals surface area contributed by atoms with Crippen LogP contribution in [0.3, 0.4) is 0 Å². The summed E-state index contributed by atoms with van der Waals surface area (Å²) in [5.74, 6) is -0.603. The first-order valence-electron chi connectivity index (χ1n) is 16.1. The molecule has 0 aromatic heterocycles. The molecule has 1 N–H and O–H groups in total. The van der Waals surface area contributed by atoms with E-state index in [1.54, 1.807) is 0 Å². The molecule has 1 aromatic rings. The maximum absolute atomic E-state index is 12.3. The lowest BCUT2D eigenvalue weighted by molar-refractivity contribution is -0.208. The van der Waals surface area contributed by atoms with Crippen LogP contribution in [0.25, 0.3) is 0 Å². The fourth-order valence-corrected chi connectivity index (χ4v) is 11.3. The van der Waals surface area contributed by atoms with Crippen LogP contribution in [0.4, 0.5) is 0 Å². The molecular weight excluding hydrogens is 546 g/mol. The fourth-order valence-electron chi connectivity index (χ4n) is 9.90. The van der Waals surface area contributed by atoms with Gasteiger partial charge in [-0.25, -0.2) is 0 Å². The third-order valence-electron chi connectivity index (χ3n) is 11.7. The van der Waals surface area contributed by atoms with E-state index in [9.17, 15) is 10.4 Å². The second-order valence-electron chi connectivity index (χ2n) is 15.1. The zero-order valence-electron chi connectivity index (χ0n) is 26.0. The second kappa shape index (κ2) is 9.71. The summed E-state index contributed by atoms with van der Waals surface area (Å²) in [6, 6.07) is 11.5. The average molecular weight is 594 g/mol. The smallest absolute Gasteiger partial charge is 0.192 e. The zero-order valence-corrected chi connectivity index (χ0v) is 27.0. The fraction of sp³-hybridized carbons (Fsp3) is 0.735. The van der Waals surface area contributed by atoms with Crippen LogP contribution in [0.15, 0.2) is 35.4 Å². The standard InChI is InChI=1S/C34H47NO6Si/c1-30-20-26(23-6-8-24(9-7-23)31(2)37-16-17-38-31)29-25(27(30)11-14-33(30,22-35)41-42(3,4)5)10-13-32(36)21-34(15-12-28(29)32)39-18-19-40-34/h6-9,25-27,36H,10-21H2,1-5H3/t25-,26+,27-,30-,32+,33-/m0/s1. The van der Waals surface area contributed by atoms with Crippen molar-refractivity contribution in [1.29, 1.82) is 5.26 Å². The molecule has 2 saturated heterocycles. The van der Waals surface area contributed by atoms with Crippen LogP contribution in [0, 0.1) is 28.6 Å². The molecule has 5 fully saturated rings. The molecule has 0 radical (unpaired) electrons. The van der Waals surface area contributed by atoms with E-state index in [1.807, 2.05) is 6.92 Å². The highest BCUT2D eigenvalue weighted by Gasteiger charge is 2.66. The predicted molar refractivity (Wildman–Crippen MR) is 160 cm³/mol. The lowest BCUT2D eigenvalue weighted by atomic mass is 9.49. The van der Waals surface area contributed by atoms with E-state index in [2.05, 4.69) is 56.9 Å².